The van der Waals surface area contributed by atoms with Gasteiger partial charge in [0.25, 0.3) is 5.91 Å². The molecule has 0 unspecified atom stereocenters. The Bertz CT molecular complexity index is 872. The van der Waals surface area contributed by atoms with Crippen molar-refractivity contribution in [3.05, 3.63) is 52.8 Å². The maximum absolute atomic E-state index is 12.9. The van der Waals surface area contributed by atoms with Gasteiger partial charge in [-0.05, 0) is 25.3 Å². The quantitative estimate of drug-likeness (QED) is 0.859. The molecule has 154 valence electrons. The molecule has 1 atom stereocenters. The number of likely N-dealkylation sites (tertiary alicyclic amines) is 1. The van der Waals surface area contributed by atoms with Crippen LogP contribution in [0.2, 0.25) is 0 Å². The molecule has 2 aliphatic heterocycles. The van der Waals surface area contributed by atoms with Crippen molar-refractivity contribution in [2.75, 3.05) is 39.4 Å². The Morgan fingerprint density at radius 3 is 2.83 bits per heavy atom. The number of H-pyrrole nitrogens is 1. The van der Waals surface area contributed by atoms with E-state index in [1.54, 1.807) is 6.20 Å². The van der Waals surface area contributed by atoms with Crippen LogP contribution in [0.4, 0.5) is 0 Å². The Hall–Kier alpha value is -2.67. The largest absolute Gasteiger partial charge is 0.378 e. The van der Waals surface area contributed by atoms with E-state index in [9.17, 15) is 9.59 Å². The van der Waals surface area contributed by atoms with E-state index in [4.69, 9.17) is 4.74 Å². The average Bonchev–Trinajstić information content (AvgIpc) is 3.24. The third-order valence-electron chi connectivity index (χ3n) is 5.82. The zero-order chi connectivity index (χ0) is 20.2. The summed E-state index contributed by atoms with van der Waals surface area (Å²) in [6.45, 7) is 5.78. The molecule has 29 heavy (non-hydrogen) atoms. The molecule has 0 radical (unpaired) electrons. The number of hydrogen-bond donors (Lipinski definition) is 1. The smallest absolute Gasteiger partial charge is 0.257 e. The number of rotatable bonds is 4. The number of ether oxygens (including phenoxy) is 1. The number of hydrogen-bond acceptors (Lipinski definition) is 4. The number of morpholine rings is 1. The minimum absolute atomic E-state index is 0.000241. The first-order chi connectivity index (χ1) is 14.1. The van der Waals surface area contributed by atoms with E-state index in [2.05, 4.69) is 16.3 Å². The number of carbonyl (C=O) groups is 2. The van der Waals surface area contributed by atoms with E-state index < -0.39 is 0 Å². The molecular formula is C22H28N4O3. The van der Waals surface area contributed by atoms with Crippen molar-refractivity contribution in [3.8, 4) is 0 Å². The second-order valence-electron chi connectivity index (χ2n) is 7.95. The van der Waals surface area contributed by atoms with Crippen molar-refractivity contribution in [1.82, 2.24) is 20.0 Å². The van der Waals surface area contributed by atoms with Gasteiger partial charge in [-0.15, -0.1) is 0 Å². The van der Waals surface area contributed by atoms with Gasteiger partial charge >= 0.3 is 0 Å². The van der Waals surface area contributed by atoms with Crippen LogP contribution < -0.4 is 0 Å². The highest BCUT2D eigenvalue weighted by molar-refractivity contribution is 5.95. The molecule has 2 fully saturated rings. The average molecular weight is 396 g/mol. The molecule has 2 aliphatic rings. The molecule has 4 rings (SSSR count). The van der Waals surface area contributed by atoms with Gasteiger partial charge in [0.15, 0.2) is 0 Å². The highest BCUT2D eigenvalue weighted by atomic mass is 16.5. The number of amides is 2. The number of aryl methyl sites for hydroxylation is 1. The highest BCUT2D eigenvalue weighted by Gasteiger charge is 2.30. The maximum atomic E-state index is 12.9. The van der Waals surface area contributed by atoms with Gasteiger partial charge in [-0.25, -0.2) is 0 Å². The summed E-state index contributed by atoms with van der Waals surface area (Å²) in [4.78, 5) is 29.6. The van der Waals surface area contributed by atoms with Crippen LogP contribution in [-0.2, 0) is 16.0 Å². The van der Waals surface area contributed by atoms with Crippen LogP contribution in [-0.4, -0.2) is 71.2 Å². The molecule has 0 spiro atoms. The number of aromatic amines is 1. The molecule has 2 aromatic rings. The minimum Gasteiger partial charge on any atom is -0.378 e. The third-order valence-corrected chi connectivity index (χ3v) is 5.82. The number of nitrogens with one attached hydrogen (secondary N) is 1. The first-order valence-electron chi connectivity index (χ1n) is 10.4. The second-order valence-corrected chi connectivity index (χ2v) is 7.95. The van der Waals surface area contributed by atoms with Crippen LogP contribution in [0.15, 0.2) is 30.5 Å². The third kappa shape index (κ3) is 4.50. The Morgan fingerprint density at radius 2 is 2.03 bits per heavy atom. The summed E-state index contributed by atoms with van der Waals surface area (Å²) >= 11 is 0. The fraction of sp³-hybridized carbons (Fsp3) is 0.500. The number of carbonyl (C=O) groups excluding carboxylic acids is 2. The molecule has 0 saturated carbocycles. The van der Waals surface area contributed by atoms with Crippen LogP contribution in [0.3, 0.4) is 0 Å². The zero-order valence-electron chi connectivity index (χ0n) is 16.9. The Kier molecular flexibility index (Phi) is 5.94. The van der Waals surface area contributed by atoms with Crippen molar-refractivity contribution >= 4 is 11.8 Å². The summed E-state index contributed by atoms with van der Waals surface area (Å²) in [6.07, 6.45) is 3.91. The van der Waals surface area contributed by atoms with Crippen LogP contribution in [0.25, 0.3) is 0 Å². The van der Waals surface area contributed by atoms with Gasteiger partial charge in [-0.1, -0.05) is 29.8 Å². The van der Waals surface area contributed by atoms with E-state index in [-0.39, 0.29) is 17.7 Å². The minimum atomic E-state index is 0.000241. The van der Waals surface area contributed by atoms with Crippen molar-refractivity contribution in [2.24, 2.45) is 0 Å². The van der Waals surface area contributed by atoms with Crippen LogP contribution in [0, 0.1) is 6.92 Å². The highest BCUT2D eigenvalue weighted by Crippen LogP contribution is 2.29. The van der Waals surface area contributed by atoms with Crippen molar-refractivity contribution in [3.63, 3.8) is 0 Å². The topological polar surface area (TPSA) is 78.5 Å². The van der Waals surface area contributed by atoms with E-state index >= 15 is 0 Å². The summed E-state index contributed by atoms with van der Waals surface area (Å²) in [5, 5.41) is 7.20. The standard InChI is InChI=1S/C22H28N4O3/c1-16-4-2-5-17(12-16)13-20(27)26-7-3-6-18(15-26)21-19(14-23-24-21)22(28)25-8-10-29-11-9-25/h2,4-5,12,14,18H,3,6-11,13,15H2,1H3,(H,23,24)/t18-/m1/s1. The number of piperidine rings is 1. The van der Waals surface area contributed by atoms with Gasteiger partial charge in [0.2, 0.25) is 5.91 Å². The van der Waals surface area contributed by atoms with Gasteiger partial charge < -0.3 is 14.5 Å². The van der Waals surface area contributed by atoms with Crippen molar-refractivity contribution < 1.29 is 14.3 Å². The van der Waals surface area contributed by atoms with E-state index in [1.807, 2.05) is 34.9 Å². The van der Waals surface area contributed by atoms with Crippen LogP contribution >= 0.6 is 0 Å². The summed E-state index contributed by atoms with van der Waals surface area (Å²) in [6, 6.07) is 8.09. The Balaban J connectivity index is 1.44. The van der Waals surface area contributed by atoms with Crippen LogP contribution in [0.1, 0.15) is 45.9 Å². The number of nitrogens with zero attached hydrogens (tertiary/aromatic N) is 3. The SMILES string of the molecule is Cc1cccc(CC(=O)N2CCC[C@@H](c3[nH]ncc3C(=O)N3CCOCC3)C2)c1. The Morgan fingerprint density at radius 1 is 1.21 bits per heavy atom. The normalized spacial score (nSPS) is 20.0. The van der Waals surface area contributed by atoms with Crippen molar-refractivity contribution in [1.29, 1.82) is 0 Å². The van der Waals surface area contributed by atoms with Gasteiger partial charge in [-0.2, -0.15) is 5.10 Å². The fourth-order valence-electron chi connectivity index (χ4n) is 4.26. The monoisotopic (exact) mass is 396 g/mol. The lowest BCUT2D eigenvalue weighted by molar-refractivity contribution is -0.131. The lowest BCUT2D eigenvalue weighted by Gasteiger charge is -2.33. The van der Waals surface area contributed by atoms with Crippen LogP contribution in [0.5, 0.6) is 0 Å². The molecule has 7 heteroatoms. The lowest BCUT2D eigenvalue weighted by atomic mass is 9.91. The molecule has 0 aliphatic carbocycles. The molecule has 1 aromatic carbocycles. The summed E-state index contributed by atoms with van der Waals surface area (Å²) in [5.74, 6) is 0.244. The predicted molar refractivity (Wildman–Crippen MR) is 109 cm³/mol. The van der Waals surface area contributed by atoms with Crippen molar-refractivity contribution in [2.45, 2.75) is 32.1 Å². The van der Waals surface area contributed by atoms with Gasteiger partial charge in [0.05, 0.1) is 37.1 Å². The lowest BCUT2D eigenvalue weighted by Crippen LogP contribution is -2.42. The first-order valence-corrected chi connectivity index (χ1v) is 10.4. The molecular weight excluding hydrogens is 368 g/mol. The molecule has 7 nitrogen and oxygen atoms in total. The van der Waals surface area contributed by atoms with E-state index in [1.165, 1.54) is 0 Å². The van der Waals surface area contributed by atoms with E-state index in [0.29, 0.717) is 44.8 Å². The summed E-state index contributed by atoms with van der Waals surface area (Å²) in [7, 11) is 0. The summed E-state index contributed by atoms with van der Waals surface area (Å²) in [5.41, 5.74) is 3.69. The molecule has 0 bridgehead atoms. The van der Waals surface area contributed by atoms with Gasteiger partial charge in [0.1, 0.15) is 0 Å². The fourth-order valence-corrected chi connectivity index (χ4v) is 4.26. The first kappa shape index (κ1) is 19.6. The second kappa shape index (κ2) is 8.78. The van der Waals surface area contributed by atoms with Gasteiger partial charge in [-0.3, -0.25) is 14.7 Å². The zero-order valence-corrected chi connectivity index (χ0v) is 16.9. The molecule has 2 saturated heterocycles. The van der Waals surface area contributed by atoms with E-state index in [0.717, 1.165) is 36.2 Å². The Labute approximate surface area is 171 Å². The number of aromatic nitrogens is 2. The number of benzene rings is 1. The van der Waals surface area contributed by atoms with Gasteiger partial charge in [0, 0.05) is 32.1 Å². The maximum Gasteiger partial charge on any atom is 0.257 e. The predicted octanol–water partition coefficient (Wildman–Crippen LogP) is 2.14. The molecule has 3 heterocycles. The molecule has 2 amide bonds. The molecule has 1 N–H and O–H groups in total. The molecule has 1 aromatic heterocycles. The summed E-state index contributed by atoms with van der Waals surface area (Å²) < 4.78 is 5.35.